The maximum absolute atomic E-state index is 13.0. The molecule has 0 fully saturated rings. The van der Waals surface area contributed by atoms with Crippen molar-refractivity contribution >= 4 is 38.8 Å². The fraction of sp³-hybridized carbons (Fsp3) is 0.318. The van der Waals surface area contributed by atoms with Gasteiger partial charge in [0, 0.05) is 41.2 Å². The monoisotopic (exact) mass is 451 g/mol. The maximum Gasteiger partial charge on any atom is 0.262 e. The second-order valence-electron chi connectivity index (χ2n) is 7.52. The van der Waals surface area contributed by atoms with E-state index in [0.717, 1.165) is 45.7 Å². The van der Waals surface area contributed by atoms with E-state index in [2.05, 4.69) is 20.3 Å². The van der Waals surface area contributed by atoms with Crippen molar-refractivity contribution in [2.45, 2.75) is 45.2 Å². The lowest BCUT2D eigenvalue weighted by Crippen LogP contribution is -2.27. The molecule has 0 bridgehead atoms. The molecule has 9 heteroatoms. The maximum atomic E-state index is 13.0. The summed E-state index contributed by atoms with van der Waals surface area (Å²) in [5, 5.41) is 6.47. The third-order valence-corrected chi connectivity index (χ3v) is 7.53. The van der Waals surface area contributed by atoms with Crippen LogP contribution in [0.1, 0.15) is 34.7 Å². The van der Waals surface area contributed by atoms with Crippen LogP contribution >= 0.6 is 22.7 Å². The first-order valence-electron chi connectivity index (χ1n) is 10.3. The number of aryl methyl sites for hydroxylation is 3. The number of nitrogens with one attached hydrogen (secondary N) is 1. The highest BCUT2D eigenvalue weighted by molar-refractivity contribution is 7.18. The molecule has 1 amide bonds. The molecule has 4 heterocycles. The molecule has 0 saturated carbocycles. The molecule has 0 unspecified atom stereocenters. The average molecular weight is 452 g/mol. The standard InChI is InChI=1S/C22H21N5O2S2/c28-18(24-11-19-26-16(12-30-19)14-5-8-23-9-6-14)7-10-27-13-25-21-20(22(27)29)15-3-1-2-4-17(15)31-21/h5-6,8-9,12-13H,1-4,7,10-11H2,(H,24,28). The summed E-state index contributed by atoms with van der Waals surface area (Å²) >= 11 is 3.15. The van der Waals surface area contributed by atoms with Gasteiger partial charge in [0.1, 0.15) is 9.84 Å². The number of thiazole rings is 1. The third kappa shape index (κ3) is 4.15. The molecule has 0 atom stereocenters. The molecule has 1 N–H and O–H groups in total. The van der Waals surface area contributed by atoms with Crippen molar-refractivity contribution in [3.8, 4) is 11.3 Å². The molecule has 31 heavy (non-hydrogen) atoms. The topological polar surface area (TPSA) is 89.8 Å². The average Bonchev–Trinajstić information content (AvgIpc) is 3.43. The van der Waals surface area contributed by atoms with Crippen LogP contribution in [0.4, 0.5) is 0 Å². The van der Waals surface area contributed by atoms with Gasteiger partial charge in [-0.15, -0.1) is 22.7 Å². The summed E-state index contributed by atoms with van der Waals surface area (Å²) < 4.78 is 1.56. The summed E-state index contributed by atoms with van der Waals surface area (Å²) in [6.07, 6.45) is 9.55. The van der Waals surface area contributed by atoms with E-state index >= 15 is 0 Å². The summed E-state index contributed by atoms with van der Waals surface area (Å²) in [4.78, 5) is 40.5. The van der Waals surface area contributed by atoms with E-state index in [1.54, 1.807) is 34.6 Å². The van der Waals surface area contributed by atoms with Crippen molar-refractivity contribution in [1.82, 2.24) is 24.8 Å². The van der Waals surface area contributed by atoms with Crippen LogP contribution in [0, 0.1) is 0 Å². The molecule has 4 aromatic rings. The predicted molar refractivity (Wildman–Crippen MR) is 122 cm³/mol. The van der Waals surface area contributed by atoms with E-state index in [9.17, 15) is 9.59 Å². The predicted octanol–water partition coefficient (Wildman–Crippen LogP) is 3.56. The molecule has 0 saturated heterocycles. The highest BCUT2D eigenvalue weighted by Gasteiger charge is 2.20. The molecule has 1 aliphatic rings. The zero-order valence-corrected chi connectivity index (χ0v) is 18.5. The number of nitrogens with zero attached hydrogens (tertiary/aromatic N) is 4. The van der Waals surface area contributed by atoms with Gasteiger partial charge in [0.25, 0.3) is 5.56 Å². The molecule has 0 aliphatic heterocycles. The Morgan fingerprint density at radius 2 is 2.03 bits per heavy atom. The van der Waals surface area contributed by atoms with Crippen molar-refractivity contribution in [1.29, 1.82) is 0 Å². The number of hydrogen-bond donors (Lipinski definition) is 1. The molecular formula is C22H21N5O2S2. The van der Waals surface area contributed by atoms with Gasteiger partial charge in [-0.3, -0.25) is 19.1 Å². The van der Waals surface area contributed by atoms with Gasteiger partial charge in [-0.25, -0.2) is 9.97 Å². The highest BCUT2D eigenvalue weighted by Crippen LogP contribution is 2.33. The first kappa shape index (κ1) is 20.0. The highest BCUT2D eigenvalue weighted by atomic mass is 32.1. The van der Waals surface area contributed by atoms with E-state index in [0.29, 0.717) is 13.1 Å². The number of rotatable bonds is 6. The van der Waals surface area contributed by atoms with Crippen LogP contribution in [0.15, 0.2) is 41.0 Å². The Kier molecular flexibility index (Phi) is 5.61. The van der Waals surface area contributed by atoms with Gasteiger partial charge in [0.2, 0.25) is 5.91 Å². The molecule has 5 rings (SSSR count). The minimum atomic E-state index is -0.111. The molecule has 1 aliphatic carbocycles. The Bertz CT molecular complexity index is 1290. The quantitative estimate of drug-likeness (QED) is 0.484. The zero-order chi connectivity index (χ0) is 21.2. The van der Waals surface area contributed by atoms with Gasteiger partial charge in [0.05, 0.1) is 24.0 Å². The Hall–Kier alpha value is -2.91. The molecule has 0 radical (unpaired) electrons. The Morgan fingerprint density at radius 3 is 2.90 bits per heavy atom. The fourth-order valence-electron chi connectivity index (χ4n) is 3.87. The first-order valence-corrected chi connectivity index (χ1v) is 12.0. The number of thiophene rings is 1. The largest absolute Gasteiger partial charge is 0.350 e. The second kappa shape index (κ2) is 8.68. The van der Waals surface area contributed by atoms with E-state index in [1.165, 1.54) is 28.2 Å². The van der Waals surface area contributed by atoms with Gasteiger partial charge in [-0.1, -0.05) is 0 Å². The Morgan fingerprint density at radius 1 is 1.19 bits per heavy atom. The second-order valence-corrected chi connectivity index (χ2v) is 9.55. The smallest absolute Gasteiger partial charge is 0.262 e. The SMILES string of the molecule is O=C(CCn1cnc2sc3c(c2c1=O)CCCC3)NCc1nc(-c2ccncc2)cs1. The number of pyridine rings is 1. The van der Waals surface area contributed by atoms with E-state index in [-0.39, 0.29) is 17.9 Å². The van der Waals surface area contributed by atoms with E-state index in [4.69, 9.17) is 0 Å². The number of aromatic nitrogens is 4. The van der Waals surface area contributed by atoms with Crippen molar-refractivity contribution < 1.29 is 4.79 Å². The normalized spacial score (nSPS) is 13.3. The van der Waals surface area contributed by atoms with Crippen molar-refractivity contribution in [3.63, 3.8) is 0 Å². The van der Waals surface area contributed by atoms with E-state index in [1.807, 2.05) is 17.5 Å². The van der Waals surface area contributed by atoms with Gasteiger partial charge in [-0.05, 0) is 43.4 Å². The first-order chi connectivity index (χ1) is 15.2. The number of fused-ring (bicyclic) bond motifs is 3. The van der Waals surface area contributed by atoms with E-state index < -0.39 is 0 Å². The van der Waals surface area contributed by atoms with Crippen LogP contribution in [0.25, 0.3) is 21.5 Å². The Balaban J connectivity index is 1.21. The number of carbonyl (C=O) groups is 1. The summed E-state index contributed by atoms with van der Waals surface area (Å²) in [7, 11) is 0. The van der Waals surface area contributed by atoms with Crippen LogP contribution in [-0.4, -0.2) is 25.4 Å². The van der Waals surface area contributed by atoms with Crippen LogP contribution in [0.2, 0.25) is 0 Å². The van der Waals surface area contributed by atoms with Crippen LogP contribution in [-0.2, 0) is 30.7 Å². The Labute approximate surface area is 186 Å². The zero-order valence-electron chi connectivity index (χ0n) is 16.8. The lowest BCUT2D eigenvalue weighted by molar-refractivity contribution is -0.121. The number of carbonyl (C=O) groups excluding carboxylic acids is 1. The summed E-state index contributed by atoms with van der Waals surface area (Å²) in [6, 6.07) is 3.81. The fourth-order valence-corrected chi connectivity index (χ4v) is 5.83. The summed E-state index contributed by atoms with van der Waals surface area (Å²) in [5.41, 5.74) is 3.03. The van der Waals surface area contributed by atoms with Crippen LogP contribution in [0.3, 0.4) is 0 Å². The molecule has 158 valence electrons. The van der Waals surface area contributed by atoms with Crippen LogP contribution < -0.4 is 10.9 Å². The molecular weight excluding hydrogens is 430 g/mol. The minimum absolute atomic E-state index is 0.0286. The third-order valence-electron chi connectivity index (χ3n) is 5.49. The molecule has 0 spiro atoms. The van der Waals surface area contributed by atoms with Gasteiger partial charge in [-0.2, -0.15) is 0 Å². The minimum Gasteiger partial charge on any atom is -0.350 e. The van der Waals surface area contributed by atoms with Crippen molar-refractivity contribution in [2.75, 3.05) is 0 Å². The molecule has 7 nitrogen and oxygen atoms in total. The van der Waals surface area contributed by atoms with Gasteiger partial charge in [0.15, 0.2) is 0 Å². The lowest BCUT2D eigenvalue weighted by Gasteiger charge is -2.10. The lowest BCUT2D eigenvalue weighted by atomic mass is 9.97. The van der Waals surface area contributed by atoms with Crippen molar-refractivity contribution in [3.05, 3.63) is 62.0 Å². The summed E-state index contributed by atoms with van der Waals surface area (Å²) in [5.74, 6) is -0.111. The molecule has 4 aromatic heterocycles. The molecule has 0 aromatic carbocycles. The van der Waals surface area contributed by atoms with Crippen molar-refractivity contribution in [2.24, 2.45) is 0 Å². The number of hydrogen-bond acceptors (Lipinski definition) is 7. The van der Waals surface area contributed by atoms with Gasteiger partial charge >= 0.3 is 0 Å². The summed E-state index contributed by atoms with van der Waals surface area (Å²) in [6.45, 7) is 0.692. The van der Waals surface area contributed by atoms with Crippen LogP contribution in [0.5, 0.6) is 0 Å². The number of amides is 1. The van der Waals surface area contributed by atoms with Gasteiger partial charge < -0.3 is 5.32 Å².